The normalized spacial score (nSPS) is 16.4. The highest BCUT2D eigenvalue weighted by Crippen LogP contribution is 2.21. The van der Waals surface area contributed by atoms with Gasteiger partial charge in [-0.3, -0.25) is 5.41 Å². The predicted octanol–water partition coefficient (Wildman–Crippen LogP) is 1.15. The highest BCUT2D eigenvalue weighted by molar-refractivity contribution is 7.09. The van der Waals surface area contributed by atoms with Crippen LogP contribution in [0.15, 0.2) is 0 Å². The van der Waals surface area contributed by atoms with E-state index in [-0.39, 0.29) is 4.80 Å². The van der Waals surface area contributed by atoms with Crippen LogP contribution in [-0.2, 0) is 12.8 Å². The Labute approximate surface area is 68.4 Å². The molecule has 2 rings (SSSR count). The molecular formula is C7H10N2OS. The van der Waals surface area contributed by atoms with E-state index >= 15 is 0 Å². The molecule has 0 atom stereocenters. The molecule has 0 aliphatic heterocycles. The van der Waals surface area contributed by atoms with Gasteiger partial charge in [0.2, 0.25) is 4.80 Å². The molecule has 0 amide bonds. The van der Waals surface area contributed by atoms with Gasteiger partial charge in [0, 0.05) is 4.88 Å². The minimum atomic E-state index is 0.261. The smallest absolute Gasteiger partial charge is 0.216 e. The van der Waals surface area contributed by atoms with Gasteiger partial charge in [-0.15, -0.1) is 0 Å². The summed E-state index contributed by atoms with van der Waals surface area (Å²) in [5, 5.41) is 16.7. The second-order valence-electron chi connectivity index (χ2n) is 2.80. The zero-order valence-corrected chi connectivity index (χ0v) is 6.95. The van der Waals surface area contributed by atoms with Gasteiger partial charge in [-0.2, -0.15) is 4.73 Å². The van der Waals surface area contributed by atoms with Gasteiger partial charge in [0.15, 0.2) is 0 Å². The first kappa shape index (κ1) is 6.91. The van der Waals surface area contributed by atoms with Gasteiger partial charge >= 0.3 is 0 Å². The van der Waals surface area contributed by atoms with Gasteiger partial charge in [0.25, 0.3) is 0 Å². The second-order valence-corrected chi connectivity index (χ2v) is 3.88. The molecule has 0 radical (unpaired) electrons. The molecule has 1 aromatic heterocycles. The maximum atomic E-state index is 9.32. The summed E-state index contributed by atoms with van der Waals surface area (Å²) in [5.41, 5.74) is 0.964. The molecule has 0 aromatic carbocycles. The maximum Gasteiger partial charge on any atom is 0.216 e. The second kappa shape index (κ2) is 2.37. The molecule has 60 valence electrons. The lowest BCUT2D eigenvalue weighted by molar-refractivity contribution is 0.165. The van der Waals surface area contributed by atoms with Crippen LogP contribution in [0.4, 0.5) is 0 Å². The number of thiazole rings is 1. The first-order chi connectivity index (χ1) is 5.29. The Hall–Kier alpha value is -0.770. The molecule has 0 spiro atoms. The van der Waals surface area contributed by atoms with Crippen LogP contribution in [0.3, 0.4) is 0 Å². The minimum Gasteiger partial charge on any atom is -0.426 e. The summed E-state index contributed by atoms with van der Waals surface area (Å²) in [6, 6.07) is 0. The molecule has 0 saturated carbocycles. The summed E-state index contributed by atoms with van der Waals surface area (Å²) in [4.78, 5) is 1.46. The summed E-state index contributed by atoms with van der Waals surface area (Å²) in [7, 11) is 0. The number of hydrogen-bond acceptors (Lipinski definition) is 3. The Morgan fingerprint density at radius 3 is 2.82 bits per heavy atom. The van der Waals surface area contributed by atoms with Gasteiger partial charge in [-0.05, 0) is 25.7 Å². The quantitative estimate of drug-likeness (QED) is 0.564. The molecule has 1 heterocycles. The van der Waals surface area contributed by atoms with Crippen LogP contribution < -0.4 is 4.80 Å². The fraction of sp³-hybridized carbons (Fsp3) is 0.571. The summed E-state index contributed by atoms with van der Waals surface area (Å²) in [5.74, 6) is 0. The first-order valence-corrected chi connectivity index (χ1v) is 4.58. The Morgan fingerprint density at radius 2 is 2.09 bits per heavy atom. The largest absolute Gasteiger partial charge is 0.426 e. The van der Waals surface area contributed by atoms with E-state index in [1.165, 1.54) is 22.6 Å². The summed E-state index contributed by atoms with van der Waals surface area (Å²) < 4.78 is 1.03. The fourth-order valence-corrected chi connectivity index (χ4v) is 2.46. The lowest BCUT2D eigenvalue weighted by Crippen LogP contribution is -2.13. The first-order valence-electron chi connectivity index (χ1n) is 3.76. The van der Waals surface area contributed by atoms with Crippen molar-refractivity contribution >= 4 is 11.3 Å². The molecule has 2 N–H and O–H groups in total. The molecule has 0 bridgehead atoms. The predicted molar refractivity (Wildman–Crippen MR) is 42.0 cm³/mol. The van der Waals surface area contributed by atoms with E-state index in [4.69, 9.17) is 5.41 Å². The lowest BCUT2D eigenvalue weighted by Gasteiger charge is -2.09. The monoisotopic (exact) mass is 170 g/mol. The van der Waals surface area contributed by atoms with E-state index < -0.39 is 0 Å². The third-order valence-corrected chi connectivity index (χ3v) is 3.11. The highest BCUT2D eigenvalue weighted by atomic mass is 32.1. The van der Waals surface area contributed by atoms with Crippen LogP contribution in [0.2, 0.25) is 0 Å². The van der Waals surface area contributed by atoms with E-state index in [0.717, 1.165) is 29.7 Å². The number of rotatable bonds is 0. The SMILES string of the molecule is N=c1sc2c(n1O)CCCC2. The van der Waals surface area contributed by atoms with E-state index in [0.29, 0.717) is 0 Å². The van der Waals surface area contributed by atoms with Crippen molar-refractivity contribution in [2.24, 2.45) is 0 Å². The number of nitrogens with one attached hydrogen (secondary N) is 1. The molecule has 1 aromatic rings. The number of aromatic nitrogens is 1. The van der Waals surface area contributed by atoms with Gasteiger partial charge in [0.05, 0.1) is 5.69 Å². The van der Waals surface area contributed by atoms with E-state index in [1.807, 2.05) is 0 Å². The van der Waals surface area contributed by atoms with Gasteiger partial charge in [-0.25, -0.2) is 0 Å². The van der Waals surface area contributed by atoms with Crippen molar-refractivity contribution in [1.29, 1.82) is 5.41 Å². The zero-order valence-electron chi connectivity index (χ0n) is 6.13. The number of aryl methyl sites for hydroxylation is 1. The fourth-order valence-electron chi connectivity index (χ4n) is 1.48. The zero-order chi connectivity index (χ0) is 7.84. The molecule has 0 saturated heterocycles. The number of nitrogens with zero attached hydrogens (tertiary/aromatic N) is 1. The molecule has 1 aliphatic carbocycles. The van der Waals surface area contributed by atoms with Crippen molar-refractivity contribution in [1.82, 2.24) is 4.73 Å². The van der Waals surface area contributed by atoms with E-state index in [2.05, 4.69) is 0 Å². The van der Waals surface area contributed by atoms with Gasteiger partial charge < -0.3 is 5.21 Å². The number of hydrogen-bond donors (Lipinski definition) is 2. The average molecular weight is 170 g/mol. The van der Waals surface area contributed by atoms with Crippen molar-refractivity contribution in [3.05, 3.63) is 15.4 Å². The Bertz CT molecular complexity index is 326. The van der Waals surface area contributed by atoms with E-state index in [1.54, 1.807) is 0 Å². The molecule has 3 nitrogen and oxygen atoms in total. The molecule has 4 heteroatoms. The van der Waals surface area contributed by atoms with Crippen LogP contribution in [-0.4, -0.2) is 9.94 Å². The van der Waals surface area contributed by atoms with Crippen molar-refractivity contribution in [3.8, 4) is 0 Å². The lowest BCUT2D eigenvalue weighted by atomic mass is 10.0. The Kier molecular flexibility index (Phi) is 1.49. The third-order valence-electron chi connectivity index (χ3n) is 2.06. The average Bonchev–Trinajstić information content (AvgIpc) is 2.30. The van der Waals surface area contributed by atoms with Crippen LogP contribution in [0, 0.1) is 5.41 Å². The van der Waals surface area contributed by atoms with Crippen LogP contribution >= 0.6 is 11.3 Å². The van der Waals surface area contributed by atoms with Gasteiger partial charge in [0.1, 0.15) is 0 Å². The topological polar surface area (TPSA) is 49.0 Å². The molecule has 0 fully saturated rings. The summed E-state index contributed by atoms with van der Waals surface area (Å²) in [6.07, 6.45) is 4.32. The van der Waals surface area contributed by atoms with Gasteiger partial charge in [-0.1, -0.05) is 11.3 Å². The van der Waals surface area contributed by atoms with E-state index in [9.17, 15) is 5.21 Å². The number of fused-ring (bicyclic) bond motifs is 1. The molecule has 11 heavy (non-hydrogen) atoms. The standard InChI is InChI=1S/C7H10N2OS/c8-7-9(10)5-3-1-2-4-6(5)11-7/h8,10H,1-4H2. The molecule has 0 unspecified atom stereocenters. The molecular weight excluding hydrogens is 160 g/mol. The third kappa shape index (κ3) is 0.976. The minimum absolute atomic E-state index is 0.261. The summed E-state index contributed by atoms with van der Waals surface area (Å²) >= 11 is 1.40. The Balaban J connectivity index is 2.59. The highest BCUT2D eigenvalue weighted by Gasteiger charge is 2.15. The van der Waals surface area contributed by atoms with Crippen molar-refractivity contribution in [2.75, 3.05) is 0 Å². The van der Waals surface area contributed by atoms with Crippen molar-refractivity contribution < 1.29 is 5.21 Å². The Morgan fingerprint density at radius 1 is 1.36 bits per heavy atom. The molecule has 1 aliphatic rings. The van der Waals surface area contributed by atoms with Crippen molar-refractivity contribution in [3.63, 3.8) is 0 Å². The van der Waals surface area contributed by atoms with Crippen LogP contribution in [0.25, 0.3) is 0 Å². The maximum absolute atomic E-state index is 9.32. The van der Waals surface area contributed by atoms with Crippen LogP contribution in [0.1, 0.15) is 23.4 Å². The van der Waals surface area contributed by atoms with Crippen LogP contribution in [0.5, 0.6) is 0 Å². The summed E-state index contributed by atoms with van der Waals surface area (Å²) in [6.45, 7) is 0. The van der Waals surface area contributed by atoms with Crippen molar-refractivity contribution in [2.45, 2.75) is 25.7 Å².